The fraction of sp³-hybridized carbons (Fsp3) is 0.240. The Kier molecular flexibility index (Phi) is 9.01. The van der Waals surface area contributed by atoms with Crippen LogP contribution in [0.2, 0.25) is 0 Å². The minimum absolute atomic E-state index is 0.00704. The molecule has 6 nitrogen and oxygen atoms in total. The van der Waals surface area contributed by atoms with Crippen molar-refractivity contribution < 1.29 is 19.1 Å². The number of nitrogens with zero attached hydrogens (tertiary/aromatic N) is 1. The van der Waals surface area contributed by atoms with Crippen molar-refractivity contribution in [1.29, 1.82) is 0 Å². The van der Waals surface area contributed by atoms with Crippen LogP contribution in [-0.4, -0.2) is 42.4 Å². The van der Waals surface area contributed by atoms with Crippen LogP contribution in [-0.2, 0) is 27.3 Å². The number of esters is 1. The lowest BCUT2D eigenvalue weighted by Gasteiger charge is -2.23. The first kappa shape index (κ1) is 23.2. The molecule has 0 fully saturated rings. The van der Waals surface area contributed by atoms with Gasteiger partial charge in [0.2, 0.25) is 0 Å². The summed E-state index contributed by atoms with van der Waals surface area (Å²) in [4.78, 5) is 39.0. The lowest BCUT2D eigenvalue weighted by molar-refractivity contribution is -0.152. The van der Waals surface area contributed by atoms with Gasteiger partial charge in [0.05, 0.1) is 11.3 Å². The summed E-state index contributed by atoms with van der Waals surface area (Å²) in [6.45, 7) is 0.803. The van der Waals surface area contributed by atoms with Gasteiger partial charge in [-0.05, 0) is 29.0 Å². The van der Waals surface area contributed by atoms with Crippen molar-refractivity contribution in [2.45, 2.75) is 19.4 Å². The molecule has 2 amide bonds. The number of hydrogen-bond acceptors (Lipinski definition) is 5. The maximum Gasteiger partial charge on any atom is 0.308 e. The molecule has 0 saturated carbocycles. The number of hydrogen-bond donors (Lipinski definition) is 1. The van der Waals surface area contributed by atoms with Gasteiger partial charge in [0.25, 0.3) is 11.8 Å². The van der Waals surface area contributed by atoms with Crippen molar-refractivity contribution in [1.82, 2.24) is 10.2 Å². The van der Waals surface area contributed by atoms with E-state index in [4.69, 9.17) is 4.74 Å². The Morgan fingerprint density at radius 2 is 1.56 bits per heavy atom. The monoisotopic (exact) mass is 450 g/mol. The summed E-state index contributed by atoms with van der Waals surface area (Å²) in [5.41, 5.74) is 2.15. The SMILES string of the molecule is O=C(CCNC(=O)c1cccs1)OCC(=O)N(CCc1ccccc1)Cc1ccccc1. The third-order valence-corrected chi connectivity index (χ3v) is 5.67. The minimum Gasteiger partial charge on any atom is -0.456 e. The third kappa shape index (κ3) is 7.67. The molecule has 0 spiro atoms. The molecular weight excluding hydrogens is 424 g/mol. The molecule has 0 saturated heterocycles. The number of rotatable bonds is 11. The van der Waals surface area contributed by atoms with Crippen LogP contribution >= 0.6 is 11.3 Å². The fourth-order valence-electron chi connectivity index (χ4n) is 3.08. The first-order chi connectivity index (χ1) is 15.6. The van der Waals surface area contributed by atoms with Gasteiger partial charge in [0.15, 0.2) is 6.61 Å². The standard InChI is InChI=1S/C25H26N2O4S/c28-23(19-31-24(29)13-15-26-25(30)22-12-7-17-32-22)27(18-21-10-5-2-6-11-21)16-14-20-8-3-1-4-9-20/h1-12,17H,13-16,18-19H2,(H,26,30). The summed E-state index contributed by atoms with van der Waals surface area (Å²) in [6, 6.07) is 23.2. The molecule has 1 heterocycles. The average molecular weight is 451 g/mol. The van der Waals surface area contributed by atoms with E-state index < -0.39 is 5.97 Å². The van der Waals surface area contributed by atoms with Crippen LogP contribution in [0, 0.1) is 0 Å². The van der Waals surface area contributed by atoms with Crippen LogP contribution in [0.15, 0.2) is 78.2 Å². The lowest BCUT2D eigenvalue weighted by Crippen LogP contribution is -2.36. The predicted octanol–water partition coefficient (Wildman–Crippen LogP) is 3.68. The molecule has 0 aliphatic rings. The topological polar surface area (TPSA) is 75.7 Å². The van der Waals surface area contributed by atoms with E-state index in [1.165, 1.54) is 11.3 Å². The molecular formula is C25H26N2O4S. The highest BCUT2D eigenvalue weighted by molar-refractivity contribution is 7.12. The van der Waals surface area contributed by atoms with E-state index >= 15 is 0 Å². The molecule has 32 heavy (non-hydrogen) atoms. The summed E-state index contributed by atoms with van der Waals surface area (Å²) in [5.74, 6) is -0.993. The van der Waals surface area contributed by atoms with Gasteiger partial charge in [0, 0.05) is 19.6 Å². The van der Waals surface area contributed by atoms with E-state index in [9.17, 15) is 14.4 Å². The molecule has 0 aliphatic carbocycles. The molecule has 1 N–H and O–H groups in total. The maximum atomic E-state index is 12.8. The number of ether oxygens (including phenoxy) is 1. The largest absolute Gasteiger partial charge is 0.456 e. The quantitative estimate of drug-likeness (QED) is 0.452. The minimum atomic E-state index is -0.521. The zero-order valence-corrected chi connectivity index (χ0v) is 18.6. The van der Waals surface area contributed by atoms with Crippen molar-refractivity contribution in [3.63, 3.8) is 0 Å². The van der Waals surface area contributed by atoms with Gasteiger partial charge in [-0.25, -0.2) is 0 Å². The molecule has 3 rings (SSSR count). The Labute approximate surface area is 191 Å². The molecule has 0 radical (unpaired) electrons. The first-order valence-electron chi connectivity index (χ1n) is 10.4. The van der Waals surface area contributed by atoms with Gasteiger partial charge >= 0.3 is 5.97 Å². The number of nitrogens with one attached hydrogen (secondary N) is 1. The number of amides is 2. The zero-order chi connectivity index (χ0) is 22.6. The zero-order valence-electron chi connectivity index (χ0n) is 17.7. The summed E-state index contributed by atoms with van der Waals surface area (Å²) >= 11 is 1.33. The van der Waals surface area contributed by atoms with E-state index in [0.717, 1.165) is 11.1 Å². The van der Waals surface area contributed by atoms with Crippen molar-refractivity contribution in [2.75, 3.05) is 19.7 Å². The van der Waals surface area contributed by atoms with Crippen molar-refractivity contribution in [3.05, 3.63) is 94.2 Å². The second-order valence-electron chi connectivity index (χ2n) is 7.18. The number of carbonyl (C=O) groups excluding carboxylic acids is 3. The van der Waals surface area contributed by atoms with Crippen molar-refractivity contribution in [2.24, 2.45) is 0 Å². The highest BCUT2D eigenvalue weighted by Gasteiger charge is 2.17. The Morgan fingerprint density at radius 1 is 0.875 bits per heavy atom. The molecule has 7 heteroatoms. The van der Waals surface area contributed by atoms with Gasteiger partial charge in [-0.15, -0.1) is 11.3 Å². The van der Waals surface area contributed by atoms with Gasteiger partial charge in [-0.1, -0.05) is 66.7 Å². The van der Waals surface area contributed by atoms with Crippen molar-refractivity contribution in [3.8, 4) is 0 Å². The number of carbonyl (C=O) groups is 3. The Bertz CT molecular complexity index is 991. The smallest absolute Gasteiger partial charge is 0.308 e. The summed E-state index contributed by atoms with van der Waals surface area (Å²) < 4.78 is 5.17. The average Bonchev–Trinajstić information content (AvgIpc) is 3.37. The summed E-state index contributed by atoms with van der Waals surface area (Å²) in [7, 11) is 0. The van der Waals surface area contributed by atoms with Crippen molar-refractivity contribution >= 4 is 29.1 Å². The van der Waals surface area contributed by atoms with Crippen LogP contribution < -0.4 is 5.32 Å². The Balaban J connectivity index is 1.47. The maximum absolute atomic E-state index is 12.8. The van der Waals surface area contributed by atoms with Gasteiger partial charge in [-0.3, -0.25) is 14.4 Å². The molecule has 1 aromatic heterocycles. The number of thiophene rings is 1. The predicted molar refractivity (Wildman–Crippen MR) is 124 cm³/mol. The Morgan fingerprint density at radius 3 is 2.22 bits per heavy atom. The van der Waals surface area contributed by atoms with Gasteiger partial charge in [0.1, 0.15) is 0 Å². The van der Waals surface area contributed by atoms with E-state index in [0.29, 0.717) is 24.4 Å². The van der Waals surface area contributed by atoms with Gasteiger partial charge < -0.3 is 15.0 Å². The van der Waals surface area contributed by atoms with E-state index in [-0.39, 0.29) is 31.4 Å². The number of benzene rings is 2. The molecule has 2 aromatic carbocycles. The van der Waals surface area contributed by atoms with Crippen LogP contribution in [0.4, 0.5) is 0 Å². The highest BCUT2D eigenvalue weighted by Crippen LogP contribution is 2.09. The van der Waals surface area contributed by atoms with Crippen LogP contribution in [0.25, 0.3) is 0 Å². The summed E-state index contributed by atoms with van der Waals surface area (Å²) in [6.07, 6.45) is 0.717. The fourth-order valence-corrected chi connectivity index (χ4v) is 3.72. The lowest BCUT2D eigenvalue weighted by atomic mass is 10.1. The van der Waals surface area contributed by atoms with E-state index in [1.807, 2.05) is 66.0 Å². The van der Waals surface area contributed by atoms with E-state index in [2.05, 4.69) is 5.32 Å². The Hall–Kier alpha value is -3.45. The normalized spacial score (nSPS) is 10.4. The second-order valence-corrected chi connectivity index (χ2v) is 8.13. The molecule has 166 valence electrons. The molecule has 0 unspecified atom stereocenters. The van der Waals surface area contributed by atoms with Crippen LogP contribution in [0.1, 0.15) is 27.2 Å². The summed E-state index contributed by atoms with van der Waals surface area (Å²) in [5, 5.41) is 4.49. The molecule has 0 atom stereocenters. The van der Waals surface area contributed by atoms with E-state index in [1.54, 1.807) is 17.0 Å². The second kappa shape index (κ2) is 12.4. The van der Waals surface area contributed by atoms with Gasteiger partial charge in [-0.2, -0.15) is 0 Å². The first-order valence-corrected chi connectivity index (χ1v) is 11.3. The molecule has 3 aromatic rings. The molecule has 0 bridgehead atoms. The van der Waals surface area contributed by atoms with Crippen LogP contribution in [0.5, 0.6) is 0 Å². The van der Waals surface area contributed by atoms with Crippen LogP contribution in [0.3, 0.4) is 0 Å². The third-order valence-electron chi connectivity index (χ3n) is 4.80. The molecule has 0 aliphatic heterocycles. The highest BCUT2D eigenvalue weighted by atomic mass is 32.1.